The first-order valence-corrected chi connectivity index (χ1v) is 5.42. The Hall–Kier alpha value is -2.24. The number of amides is 2. The summed E-state index contributed by atoms with van der Waals surface area (Å²) in [4.78, 5) is 22.0. The molecule has 98 valence electrons. The van der Waals surface area contributed by atoms with E-state index in [1.54, 1.807) is 6.07 Å². The molecule has 6 nitrogen and oxygen atoms in total. The lowest BCUT2D eigenvalue weighted by molar-refractivity contribution is 0.171. The molecule has 2 N–H and O–H groups in total. The van der Waals surface area contributed by atoms with E-state index in [1.165, 1.54) is 14.2 Å². The predicted molar refractivity (Wildman–Crippen MR) is 66.6 cm³/mol. The van der Waals surface area contributed by atoms with Crippen LogP contribution in [0, 0.1) is 0 Å². The summed E-state index contributed by atoms with van der Waals surface area (Å²) in [6.45, 7) is 0.423. The average Bonchev–Trinajstić information content (AvgIpc) is 2.40. The van der Waals surface area contributed by atoms with Crippen LogP contribution >= 0.6 is 0 Å². The number of alkyl carbamates (subject to hydrolysis) is 1. The summed E-state index contributed by atoms with van der Waals surface area (Å²) in [6.07, 6.45) is -0.424. The van der Waals surface area contributed by atoms with E-state index in [4.69, 9.17) is 0 Å². The van der Waals surface area contributed by atoms with Gasteiger partial charge in [-0.05, 0) is 18.1 Å². The summed E-state index contributed by atoms with van der Waals surface area (Å²) in [5.41, 5.74) is 1.57. The highest BCUT2D eigenvalue weighted by molar-refractivity contribution is 5.85. The van der Waals surface area contributed by atoms with Crippen molar-refractivity contribution in [1.29, 1.82) is 0 Å². The normalized spacial score (nSPS) is 9.44. The molecule has 2 amide bonds. The van der Waals surface area contributed by atoms with Crippen molar-refractivity contribution < 1.29 is 19.1 Å². The molecular weight excluding hydrogens is 236 g/mol. The Balaban J connectivity index is 2.59. The Kier molecular flexibility index (Phi) is 5.50. The maximum absolute atomic E-state index is 11.1. The largest absolute Gasteiger partial charge is 0.453 e. The van der Waals surface area contributed by atoms with Crippen molar-refractivity contribution in [3.63, 3.8) is 0 Å². The van der Waals surface area contributed by atoms with Crippen LogP contribution in [0.4, 0.5) is 15.3 Å². The second-order valence-corrected chi connectivity index (χ2v) is 3.44. The van der Waals surface area contributed by atoms with Crippen LogP contribution in [-0.4, -0.2) is 33.0 Å². The molecule has 6 heteroatoms. The third-order valence-corrected chi connectivity index (χ3v) is 2.29. The van der Waals surface area contributed by atoms with Gasteiger partial charge < -0.3 is 14.8 Å². The van der Waals surface area contributed by atoms with Gasteiger partial charge in [0.1, 0.15) is 0 Å². The zero-order chi connectivity index (χ0) is 13.4. The molecule has 0 heterocycles. The smallest absolute Gasteiger partial charge is 0.411 e. The molecule has 0 aromatic heterocycles. The van der Waals surface area contributed by atoms with E-state index in [2.05, 4.69) is 20.1 Å². The van der Waals surface area contributed by atoms with Crippen LogP contribution in [0.2, 0.25) is 0 Å². The second-order valence-electron chi connectivity index (χ2n) is 3.44. The van der Waals surface area contributed by atoms with Crippen LogP contribution in [0.25, 0.3) is 0 Å². The molecule has 0 spiro atoms. The number of ether oxygens (including phenoxy) is 2. The molecule has 1 aromatic carbocycles. The van der Waals surface area contributed by atoms with Gasteiger partial charge in [-0.1, -0.05) is 18.2 Å². The highest BCUT2D eigenvalue weighted by atomic mass is 16.5. The maximum atomic E-state index is 11.1. The molecule has 0 aliphatic carbocycles. The first-order valence-electron chi connectivity index (χ1n) is 5.42. The fraction of sp³-hybridized carbons (Fsp3) is 0.333. The Morgan fingerprint density at radius 2 is 1.78 bits per heavy atom. The van der Waals surface area contributed by atoms with Crippen molar-refractivity contribution in [2.45, 2.75) is 6.42 Å². The van der Waals surface area contributed by atoms with Crippen molar-refractivity contribution in [2.24, 2.45) is 0 Å². The van der Waals surface area contributed by atoms with E-state index in [1.807, 2.05) is 18.2 Å². The second kappa shape index (κ2) is 7.16. The Morgan fingerprint density at radius 1 is 1.11 bits per heavy atom. The minimum absolute atomic E-state index is 0.423. The number of methoxy groups -OCH3 is 2. The molecule has 1 aromatic rings. The van der Waals surface area contributed by atoms with Crippen LogP contribution in [0.3, 0.4) is 0 Å². The lowest BCUT2D eigenvalue weighted by Gasteiger charge is -2.10. The molecule has 0 bridgehead atoms. The number of benzene rings is 1. The zero-order valence-electron chi connectivity index (χ0n) is 10.4. The highest BCUT2D eigenvalue weighted by Crippen LogP contribution is 2.15. The molecule has 0 atom stereocenters. The van der Waals surface area contributed by atoms with Crippen molar-refractivity contribution in [3.05, 3.63) is 29.8 Å². The van der Waals surface area contributed by atoms with Gasteiger partial charge in [-0.15, -0.1) is 0 Å². The molecule has 0 aliphatic heterocycles. The predicted octanol–water partition coefficient (Wildman–Crippen LogP) is 1.76. The molecule has 18 heavy (non-hydrogen) atoms. The van der Waals surface area contributed by atoms with Crippen LogP contribution in [-0.2, 0) is 15.9 Å². The highest BCUT2D eigenvalue weighted by Gasteiger charge is 2.06. The monoisotopic (exact) mass is 252 g/mol. The van der Waals surface area contributed by atoms with Gasteiger partial charge in [0.05, 0.1) is 14.2 Å². The van der Waals surface area contributed by atoms with Crippen LogP contribution in [0.1, 0.15) is 5.56 Å². The van der Waals surface area contributed by atoms with E-state index in [0.29, 0.717) is 18.7 Å². The number of hydrogen-bond acceptors (Lipinski definition) is 4. The molecule has 0 aliphatic rings. The van der Waals surface area contributed by atoms with Crippen LogP contribution in [0.15, 0.2) is 24.3 Å². The van der Waals surface area contributed by atoms with Crippen molar-refractivity contribution >= 4 is 17.9 Å². The van der Waals surface area contributed by atoms with Crippen molar-refractivity contribution in [2.75, 3.05) is 26.1 Å². The minimum atomic E-state index is -0.525. The number of rotatable bonds is 4. The summed E-state index contributed by atoms with van der Waals surface area (Å²) >= 11 is 0. The number of hydrogen-bond donors (Lipinski definition) is 2. The number of carbonyl (C=O) groups is 2. The number of anilines is 1. The van der Waals surface area contributed by atoms with Gasteiger partial charge in [-0.3, -0.25) is 5.32 Å². The molecule has 1 rings (SSSR count). The van der Waals surface area contributed by atoms with E-state index in [9.17, 15) is 9.59 Å². The van der Waals surface area contributed by atoms with E-state index < -0.39 is 12.2 Å². The third-order valence-electron chi connectivity index (χ3n) is 2.29. The quantitative estimate of drug-likeness (QED) is 0.856. The Morgan fingerprint density at radius 3 is 2.44 bits per heavy atom. The summed E-state index contributed by atoms with van der Waals surface area (Å²) in [5, 5.41) is 5.18. The van der Waals surface area contributed by atoms with Crippen LogP contribution in [0.5, 0.6) is 0 Å². The van der Waals surface area contributed by atoms with E-state index in [0.717, 1.165) is 5.56 Å². The topological polar surface area (TPSA) is 76.7 Å². The lowest BCUT2D eigenvalue weighted by Crippen LogP contribution is -2.25. The fourth-order valence-corrected chi connectivity index (χ4v) is 1.39. The van der Waals surface area contributed by atoms with E-state index >= 15 is 0 Å². The minimum Gasteiger partial charge on any atom is -0.453 e. The number of para-hydroxylation sites is 1. The number of nitrogens with one attached hydrogen (secondary N) is 2. The molecule has 0 unspecified atom stereocenters. The molecule has 0 saturated heterocycles. The number of carbonyl (C=O) groups excluding carboxylic acids is 2. The Bertz CT molecular complexity index is 420. The fourth-order valence-electron chi connectivity index (χ4n) is 1.39. The summed E-state index contributed by atoms with van der Waals surface area (Å²) in [5.74, 6) is 0. The van der Waals surface area contributed by atoms with Gasteiger partial charge >= 0.3 is 12.2 Å². The van der Waals surface area contributed by atoms with Gasteiger partial charge in [-0.2, -0.15) is 0 Å². The maximum Gasteiger partial charge on any atom is 0.411 e. The van der Waals surface area contributed by atoms with Gasteiger partial charge in [0.15, 0.2) is 0 Å². The molecule has 0 radical (unpaired) electrons. The van der Waals surface area contributed by atoms with E-state index in [-0.39, 0.29) is 0 Å². The van der Waals surface area contributed by atoms with Crippen molar-refractivity contribution in [1.82, 2.24) is 5.32 Å². The van der Waals surface area contributed by atoms with Gasteiger partial charge in [-0.25, -0.2) is 9.59 Å². The molecule has 0 saturated carbocycles. The van der Waals surface area contributed by atoms with Crippen LogP contribution < -0.4 is 10.6 Å². The first-order chi connectivity index (χ1) is 8.67. The van der Waals surface area contributed by atoms with Gasteiger partial charge in [0.2, 0.25) is 0 Å². The van der Waals surface area contributed by atoms with Crippen molar-refractivity contribution in [3.8, 4) is 0 Å². The van der Waals surface area contributed by atoms with Gasteiger partial charge in [0.25, 0.3) is 0 Å². The summed E-state index contributed by atoms with van der Waals surface area (Å²) in [7, 11) is 2.61. The SMILES string of the molecule is COC(=O)NCCc1ccccc1NC(=O)OC. The summed E-state index contributed by atoms with van der Waals surface area (Å²) in [6, 6.07) is 7.30. The van der Waals surface area contributed by atoms with Gasteiger partial charge in [0, 0.05) is 12.2 Å². The Labute approximate surface area is 105 Å². The first kappa shape index (κ1) is 13.8. The average molecular weight is 252 g/mol. The molecule has 0 fully saturated rings. The lowest BCUT2D eigenvalue weighted by atomic mass is 10.1. The summed E-state index contributed by atoms with van der Waals surface area (Å²) < 4.78 is 8.99. The standard InChI is InChI=1S/C12H16N2O4/c1-17-11(15)13-8-7-9-5-3-4-6-10(9)14-12(16)18-2/h3-6H,7-8H2,1-2H3,(H,13,15)(H,14,16). The zero-order valence-corrected chi connectivity index (χ0v) is 10.4. The molecular formula is C12H16N2O4. The third kappa shape index (κ3) is 4.32.